The Bertz CT molecular complexity index is 364. The molecule has 1 aromatic carbocycles. The molecule has 0 radical (unpaired) electrons. The predicted molar refractivity (Wildman–Crippen MR) is 77.0 cm³/mol. The highest BCUT2D eigenvalue weighted by Gasteiger charge is 2.09. The number of hydrogen-bond donors (Lipinski definition) is 1. The van der Waals surface area contributed by atoms with E-state index in [9.17, 15) is 0 Å². The molecule has 0 aliphatic carbocycles. The van der Waals surface area contributed by atoms with Gasteiger partial charge in [-0.05, 0) is 45.1 Å². The zero-order valence-corrected chi connectivity index (χ0v) is 12.3. The quantitative estimate of drug-likeness (QED) is 0.805. The summed E-state index contributed by atoms with van der Waals surface area (Å²) in [5.74, 6) is 0.975. The molecule has 0 saturated carbocycles. The molecule has 0 spiro atoms. The zero-order valence-electron chi connectivity index (χ0n) is 12.3. The maximum Gasteiger partial charge on any atom is 0.123 e. The number of rotatable bonds is 7. The Hall–Kier alpha value is -1.06. The van der Waals surface area contributed by atoms with Crippen molar-refractivity contribution in [3.05, 3.63) is 29.3 Å². The SMILES string of the molecule is CCNCc1ccc(OC)c(CN(C)C(C)C)c1. The Morgan fingerprint density at radius 2 is 2.06 bits per heavy atom. The van der Waals surface area contributed by atoms with Crippen molar-refractivity contribution < 1.29 is 4.74 Å². The van der Waals surface area contributed by atoms with Crippen molar-refractivity contribution in [2.75, 3.05) is 20.7 Å². The van der Waals surface area contributed by atoms with E-state index in [1.807, 2.05) is 0 Å². The molecule has 1 aromatic rings. The van der Waals surface area contributed by atoms with E-state index >= 15 is 0 Å². The van der Waals surface area contributed by atoms with E-state index in [1.54, 1.807) is 7.11 Å². The van der Waals surface area contributed by atoms with Gasteiger partial charge in [-0.3, -0.25) is 4.90 Å². The van der Waals surface area contributed by atoms with Crippen molar-refractivity contribution in [2.24, 2.45) is 0 Å². The van der Waals surface area contributed by atoms with Crippen LogP contribution in [0.5, 0.6) is 5.75 Å². The van der Waals surface area contributed by atoms with Crippen LogP contribution < -0.4 is 10.1 Å². The summed E-state index contributed by atoms with van der Waals surface area (Å²) in [5.41, 5.74) is 2.56. The Morgan fingerprint density at radius 1 is 1.33 bits per heavy atom. The van der Waals surface area contributed by atoms with Crippen LogP contribution in [0.2, 0.25) is 0 Å². The van der Waals surface area contributed by atoms with Crippen LogP contribution in [0.3, 0.4) is 0 Å². The van der Waals surface area contributed by atoms with Crippen LogP contribution in [0, 0.1) is 0 Å². The number of methoxy groups -OCH3 is 1. The van der Waals surface area contributed by atoms with Gasteiger partial charge in [-0.15, -0.1) is 0 Å². The van der Waals surface area contributed by atoms with Crippen LogP contribution in [0.15, 0.2) is 18.2 Å². The van der Waals surface area contributed by atoms with Crippen molar-refractivity contribution in [2.45, 2.75) is 39.9 Å². The lowest BCUT2D eigenvalue weighted by Gasteiger charge is -2.22. The molecule has 18 heavy (non-hydrogen) atoms. The first-order valence-corrected chi connectivity index (χ1v) is 6.65. The summed E-state index contributed by atoms with van der Waals surface area (Å²) < 4.78 is 5.44. The fourth-order valence-electron chi connectivity index (χ4n) is 1.79. The summed E-state index contributed by atoms with van der Waals surface area (Å²) in [5, 5.41) is 3.35. The third-order valence-corrected chi connectivity index (χ3v) is 3.23. The van der Waals surface area contributed by atoms with Crippen molar-refractivity contribution in [3.8, 4) is 5.75 Å². The molecule has 0 aromatic heterocycles. The standard InChI is InChI=1S/C15H26N2O/c1-6-16-10-13-7-8-15(18-5)14(9-13)11-17(4)12(2)3/h7-9,12,16H,6,10-11H2,1-5H3. The summed E-state index contributed by atoms with van der Waals surface area (Å²) >= 11 is 0. The van der Waals surface area contributed by atoms with Crippen molar-refractivity contribution in [3.63, 3.8) is 0 Å². The molecule has 3 heteroatoms. The van der Waals surface area contributed by atoms with Crippen LogP contribution in [0.25, 0.3) is 0 Å². The third-order valence-electron chi connectivity index (χ3n) is 3.23. The molecule has 0 aliphatic rings. The minimum Gasteiger partial charge on any atom is -0.496 e. The predicted octanol–water partition coefficient (Wildman–Crippen LogP) is 2.64. The lowest BCUT2D eigenvalue weighted by Crippen LogP contribution is -2.26. The molecule has 1 rings (SSSR count). The van der Waals surface area contributed by atoms with Crippen molar-refractivity contribution >= 4 is 0 Å². The van der Waals surface area contributed by atoms with Crippen LogP contribution in [-0.2, 0) is 13.1 Å². The van der Waals surface area contributed by atoms with E-state index in [2.05, 4.69) is 56.2 Å². The van der Waals surface area contributed by atoms with E-state index in [0.717, 1.165) is 25.4 Å². The van der Waals surface area contributed by atoms with Crippen LogP contribution in [0.1, 0.15) is 31.9 Å². The molecule has 0 bridgehead atoms. The van der Waals surface area contributed by atoms with Crippen LogP contribution >= 0.6 is 0 Å². The molecule has 0 fully saturated rings. The lowest BCUT2D eigenvalue weighted by molar-refractivity contribution is 0.261. The smallest absolute Gasteiger partial charge is 0.123 e. The minimum atomic E-state index is 0.534. The largest absolute Gasteiger partial charge is 0.496 e. The van der Waals surface area contributed by atoms with Gasteiger partial charge in [0, 0.05) is 24.7 Å². The normalized spacial score (nSPS) is 11.3. The minimum absolute atomic E-state index is 0.534. The molecule has 0 amide bonds. The average Bonchev–Trinajstić information content (AvgIpc) is 2.36. The van der Waals surface area contributed by atoms with Gasteiger partial charge in [0.05, 0.1) is 7.11 Å². The maximum atomic E-state index is 5.44. The van der Waals surface area contributed by atoms with E-state index < -0.39 is 0 Å². The Morgan fingerprint density at radius 3 is 2.61 bits per heavy atom. The van der Waals surface area contributed by atoms with Crippen molar-refractivity contribution in [1.29, 1.82) is 0 Å². The molecule has 102 valence electrons. The topological polar surface area (TPSA) is 24.5 Å². The van der Waals surface area contributed by atoms with Gasteiger partial charge < -0.3 is 10.1 Å². The fraction of sp³-hybridized carbons (Fsp3) is 0.600. The summed E-state index contributed by atoms with van der Waals surface area (Å²) in [6.45, 7) is 9.36. The third kappa shape index (κ3) is 4.31. The number of nitrogens with zero attached hydrogens (tertiary/aromatic N) is 1. The van der Waals surface area contributed by atoms with E-state index in [1.165, 1.54) is 11.1 Å². The molecule has 1 N–H and O–H groups in total. The second-order valence-electron chi connectivity index (χ2n) is 4.94. The number of ether oxygens (including phenoxy) is 1. The van der Waals surface area contributed by atoms with E-state index in [4.69, 9.17) is 4.74 Å². The summed E-state index contributed by atoms with van der Waals surface area (Å²) in [4.78, 5) is 2.31. The molecule has 0 aliphatic heterocycles. The molecular weight excluding hydrogens is 224 g/mol. The van der Waals surface area contributed by atoms with Gasteiger partial charge in [0.15, 0.2) is 0 Å². The van der Waals surface area contributed by atoms with Gasteiger partial charge in [-0.1, -0.05) is 13.0 Å². The fourth-order valence-corrected chi connectivity index (χ4v) is 1.79. The number of nitrogens with one attached hydrogen (secondary N) is 1. The van der Waals surface area contributed by atoms with E-state index in [0.29, 0.717) is 6.04 Å². The Kier molecular flexibility index (Phi) is 6.16. The molecular formula is C15H26N2O. The van der Waals surface area contributed by atoms with Gasteiger partial charge in [-0.2, -0.15) is 0 Å². The van der Waals surface area contributed by atoms with Gasteiger partial charge >= 0.3 is 0 Å². The molecule has 0 heterocycles. The monoisotopic (exact) mass is 250 g/mol. The summed E-state index contributed by atoms with van der Waals surface area (Å²) in [7, 11) is 3.87. The first-order chi connectivity index (χ1) is 8.58. The second kappa shape index (κ2) is 7.39. The lowest BCUT2D eigenvalue weighted by atomic mass is 10.1. The van der Waals surface area contributed by atoms with Crippen LogP contribution in [-0.4, -0.2) is 31.6 Å². The van der Waals surface area contributed by atoms with Gasteiger partial charge in [0.2, 0.25) is 0 Å². The molecule has 0 unspecified atom stereocenters. The highest BCUT2D eigenvalue weighted by atomic mass is 16.5. The summed E-state index contributed by atoms with van der Waals surface area (Å²) in [6.07, 6.45) is 0. The maximum absolute atomic E-state index is 5.44. The molecule has 0 atom stereocenters. The van der Waals surface area contributed by atoms with Crippen LogP contribution in [0.4, 0.5) is 0 Å². The summed E-state index contributed by atoms with van der Waals surface area (Å²) in [6, 6.07) is 6.96. The Labute approximate surface area is 111 Å². The molecule has 0 saturated heterocycles. The Balaban J connectivity index is 2.84. The number of benzene rings is 1. The van der Waals surface area contributed by atoms with Gasteiger partial charge in [0.1, 0.15) is 5.75 Å². The zero-order chi connectivity index (χ0) is 13.5. The first kappa shape index (κ1) is 15.0. The van der Waals surface area contributed by atoms with Gasteiger partial charge in [0.25, 0.3) is 0 Å². The first-order valence-electron chi connectivity index (χ1n) is 6.65. The molecule has 3 nitrogen and oxygen atoms in total. The second-order valence-corrected chi connectivity index (χ2v) is 4.94. The van der Waals surface area contributed by atoms with Crippen molar-refractivity contribution in [1.82, 2.24) is 10.2 Å². The van der Waals surface area contributed by atoms with E-state index in [-0.39, 0.29) is 0 Å². The van der Waals surface area contributed by atoms with Gasteiger partial charge in [-0.25, -0.2) is 0 Å². The number of hydrogen-bond acceptors (Lipinski definition) is 3. The highest BCUT2D eigenvalue weighted by Crippen LogP contribution is 2.22. The average molecular weight is 250 g/mol. The highest BCUT2D eigenvalue weighted by molar-refractivity contribution is 5.37.